The summed E-state index contributed by atoms with van der Waals surface area (Å²) in [6.45, 7) is 0. The third-order valence-electron chi connectivity index (χ3n) is 12.9. The van der Waals surface area contributed by atoms with Gasteiger partial charge in [0.1, 0.15) is 0 Å². The van der Waals surface area contributed by atoms with Crippen molar-refractivity contribution in [3.8, 4) is 55.9 Å². The number of hydrogen-bond acceptors (Lipinski definition) is 1. The van der Waals surface area contributed by atoms with E-state index in [9.17, 15) is 0 Å². The maximum Gasteiger partial charge on any atom is 0.0541 e. The molecule has 0 saturated carbocycles. The molecule has 0 amide bonds. The van der Waals surface area contributed by atoms with Crippen LogP contribution in [0.1, 0.15) is 0 Å². The minimum atomic E-state index is 1.17. The first-order chi connectivity index (χ1) is 31.2. The van der Waals surface area contributed by atoms with Gasteiger partial charge in [-0.1, -0.05) is 158 Å². The molecular weight excluding hydrogens is 781 g/mol. The third-order valence-corrected chi connectivity index (χ3v) is 14.2. The highest BCUT2D eigenvalue weighted by atomic mass is 32.1. The highest BCUT2D eigenvalue weighted by Crippen LogP contribution is 2.45. The first-order valence-corrected chi connectivity index (χ1v) is 22.4. The van der Waals surface area contributed by atoms with Crippen molar-refractivity contribution in [2.45, 2.75) is 0 Å². The molecule has 294 valence electrons. The molecule has 0 atom stereocenters. The average molecular weight is 819 g/mol. The number of nitrogens with zero attached hydrogens (tertiary/aromatic N) is 2. The molecule has 2 nitrogen and oxygen atoms in total. The predicted molar refractivity (Wildman–Crippen MR) is 270 cm³/mol. The van der Waals surface area contributed by atoms with Crippen molar-refractivity contribution >= 4 is 75.1 Å². The summed E-state index contributed by atoms with van der Waals surface area (Å²) in [6, 6.07) is 84.5. The molecule has 0 aliphatic carbocycles. The monoisotopic (exact) mass is 818 g/mol. The van der Waals surface area contributed by atoms with E-state index in [1.807, 2.05) is 11.3 Å². The van der Waals surface area contributed by atoms with Gasteiger partial charge in [0.15, 0.2) is 0 Å². The molecule has 0 aliphatic rings. The molecular formula is C60H38N2S. The van der Waals surface area contributed by atoms with Crippen LogP contribution in [0.5, 0.6) is 0 Å². The van der Waals surface area contributed by atoms with Crippen molar-refractivity contribution in [1.29, 1.82) is 0 Å². The number of benzene rings is 10. The molecule has 0 fully saturated rings. The summed E-state index contributed by atoms with van der Waals surface area (Å²) in [5.41, 5.74) is 17.0. The molecule has 63 heavy (non-hydrogen) atoms. The molecule has 0 saturated heterocycles. The Morgan fingerprint density at radius 1 is 0.238 bits per heavy atom. The average Bonchev–Trinajstić information content (AvgIpc) is 4.02. The van der Waals surface area contributed by atoms with E-state index in [2.05, 4.69) is 240 Å². The van der Waals surface area contributed by atoms with E-state index in [1.165, 1.54) is 120 Å². The number of aromatic nitrogens is 2. The fourth-order valence-electron chi connectivity index (χ4n) is 10.0. The fourth-order valence-corrected chi connectivity index (χ4v) is 11.4. The van der Waals surface area contributed by atoms with Crippen molar-refractivity contribution in [2.75, 3.05) is 0 Å². The van der Waals surface area contributed by atoms with E-state index in [4.69, 9.17) is 0 Å². The minimum absolute atomic E-state index is 1.17. The number of para-hydroxylation sites is 4. The van der Waals surface area contributed by atoms with E-state index in [-0.39, 0.29) is 0 Å². The van der Waals surface area contributed by atoms with Crippen LogP contribution >= 0.6 is 11.3 Å². The highest BCUT2D eigenvalue weighted by molar-refractivity contribution is 7.26. The van der Waals surface area contributed by atoms with Gasteiger partial charge in [-0.3, -0.25) is 0 Å². The number of rotatable bonds is 6. The lowest BCUT2D eigenvalue weighted by molar-refractivity contribution is 1.18. The van der Waals surface area contributed by atoms with Crippen LogP contribution in [-0.2, 0) is 0 Å². The van der Waals surface area contributed by atoms with Gasteiger partial charge < -0.3 is 9.13 Å². The van der Waals surface area contributed by atoms with E-state index in [1.54, 1.807) is 0 Å². The molecule has 0 radical (unpaired) electrons. The molecule has 3 heteroatoms. The third kappa shape index (κ3) is 5.71. The zero-order chi connectivity index (χ0) is 41.4. The Morgan fingerprint density at radius 2 is 0.603 bits per heavy atom. The molecule has 0 bridgehead atoms. The van der Waals surface area contributed by atoms with Crippen molar-refractivity contribution < 1.29 is 0 Å². The van der Waals surface area contributed by atoms with Gasteiger partial charge in [0.25, 0.3) is 0 Å². The van der Waals surface area contributed by atoms with Gasteiger partial charge in [0.2, 0.25) is 0 Å². The molecule has 0 unspecified atom stereocenters. The molecule has 0 N–H and O–H groups in total. The van der Waals surface area contributed by atoms with Crippen molar-refractivity contribution in [1.82, 2.24) is 9.13 Å². The fraction of sp³-hybridized carbons (Fsp3) is 0. The summed E-state index contributed by atoms with van der Waals surface area (Å²) >= 11 is 1.91. The van der Waals surface area contributed by atoms with E-state index in [0.29, 0.717) is 0 Å². The van der Waals surface area contributed by atoms with Gasteiger partial charge in [0, 0.05) is 53.1 Å². The van der Waals surface area contributed by atoms with Crippen LogP contribution in [0, 0.1) is 0 Å². The quantitative estimate of drug-likeness (QED) is 0.158. The number of hydrogen-bond donors (Lipinski definition) is 0. The van der Waals surface area contributed by atoms with Gasteiger partial charge in [-0.05, 0) is 117 Å². The minimum Gasteiger partial charge on any atom is -0.309 e. The Morgan fingerprint density at radius 3 is 1.08 bits per heavy atom. The van der Waals surface area contributed by atoms with Crippen molar-refractivity contribution in [3.63, 3.8) is 0 Å². The molecule has 13 aromatic rings. The van der Waals surface area contributed by atoms with E-state index >= 15 is 0 Å². The second kappa shape index (κ2) is 14.3. The Bertz CT molecular complexity index is 3650. The lowest BCUT2D eigenvalue weighted by Gasteiger charge is -2.09. The van der Waals surface area contributed by atoms with Crippen LogP contribution in [0.15, 0.2) is 231 Å². The number of thiophene rings is 1. The smallest absolute Gasteiger partial charge is 0.0541 e. The predicted octanol–water partition coefficient (Wildman–Crippen LogP) is 16.9. The van der Waals surface area contributed by atoms with Gasteiger partial charge in [-0.2, -0.15) is 0 Å². The molecule has 10 aromatic carbocycles. The zero-order valence-electron chi connectivity index (χ0n) is 34.2. The summed E-state index contributed by atoms with van der Waals surface area (Å²) in [5, 5.41) is 7.64. The lowest BCUT2D eigenvalue weighted by atomic mass is 9.96. The summed E-state index contributed by atoms with van der Waals surface area (Å²) in [5.74, 6) is 0. The Balaban J connectivity index is 0.893. The topological polar surface area (TPSA) is 9.86 Å². The van der Waals surface area contributed by atoms with Gasteiger partial charge >= 0.3 is 0 Å². The molecule has 3 heterocycles. The van der Waals surface area contributed by atoms with Crippen LogP contribution in [0.4, 0.5) is 0 Å². The van der Waals surface area contributed by atoms with E-state index in [0.717, 1.165) is 0 Å². The largest absolute Gasteiger partial charge is 0.309 e. The molecule has 3 aromatic heterocycles. The second-order valence-electron chi connectivity index (χ2n) is 16.5. The van der Waals surface area contributed by atoms with Crippen LogP contribution in [-0.4, -0.2) is 9.13 Å². The van der Waals surface area contributed by atoms with Crippen molar-refractivity contribution in [2.24, 2.45) is 0 Å². The lowest BCUT2D eigenvalue weighted by Crippen LogP contribution is -1.92. The van der Waals surface area contributed by atoms with Gasteiger partial charge in [-0.15, -0.1) is 11.3 Å². The van der Waals surface area contributed by atoms with Crippen molar-refractivity contribution in [3.05, 3.63) is 231 Å². The standard InChI is InChI=1S/C60H38N2S/c1-3-19-45(20-4-1)61-55-29-9-7-23-49(55)53-37-41(31-33-57(53)61)39-15-11-17-43(35-39)47-25-13-27-51-52-28-14-26-48(60(52)63-59(47)51)44-18-12-16-40(36-44)42-32-34-58-54(38-42)50-24-8-10-30-56(50)62(58)46-21-5-2-6-22-46/h1-38H. The van der Waals surface area contributed by atoms with Crippen LogP contribution in [0.3, 0.4) is 0 Å². The van der Waals surface area contributed by atoms with Gasteiger partial charge in [0.05, 0.1) is 22.1 Å². The number of fused-ring (bicyclic) bond motifs is 9. The summed E-state index contributed by atoms with van der Waals surface area (Å²) in [6.07, 6.45) is 0. The maximum atomic E-state index is 2.38. The molecule has 0 aliphatic heterocycles. The normalized spacial score (nSPS) is 11.8. The Hall–Kier alpha value is -7.98. The maximum absolute atomic E-state index is 2.38. The van der Waals surface area contributed by atoms with Crippen LogP contribution in [0.2, 0.25) is 0 Å². The van der Waals surface area contributed by atoms with E-state index < -0.39 is 0 Å². The molecule has 0 spiro atoms. The summed E-state index contributed by atoms with van der Waals surface area (Å²) in [4.78, 5) is 0. The first kappa shape index (κ1) is 35.7. The summed E-state index contributed by atoms with van der Waals surface area (Å²) < 4.78 is 7.39. The summed E-state index contributed by atoms with van der Waals surface area (Å²) in [7, 11) is 0. The highest BCUT2D eigenvalue weighted by Gasteiger charge is 2.18. The van der Waals surface area contributed by atoms with Crippen LogP contribution in [0.25, 0.3) is 120 Å². The van der Waals surface area contributed by atoms with Gasteiger partial charge in [-0.25, -0.2) is 0 Å². The zero-order valence-corrected chi connectivity index (χ0v) is 35.1. The Labute approximate surface area is 368 Å². The SMILES string of the molecule is c1ccc(-n2c3ccccc3c3cc(-c4cccc(-c5cccc6c5sc5c(-c7cccc(-c8ccc9c(c8)c8ccccc8n9-c8ccccc8)c7)cccc56)c4)ccc32)cc1. The van der Waals surface area contributed by atoms with Crippen LogP contribution < -0.4 is 0 Å². The first-order valence-electron chi connectivity index (χ1n) is 21.6. The molecule has 13 rings (SSSR count). The Kier molecular flexibility index (Phi) is 8.12. The second-order valence-corrected chi connectivity index (χ2v) is 17.5.